The van der Waals surface area contributed by atoms with Gasteiger partial charge in [-0.1, -0.05) is 13.3 Å². The zero-order valence-electron chi connectivity index (χ0n) is 8.37. The molecular formula is C9H22Cl2N2. The van der Waals surface area contributed by atoms with E-state index < -0.39 is 0 Å². The Labute approximate surface area is 94.1 Å². The molecule has 2 nitrogen and oxygen atoms in total. The van der Waals surface area contributed by atoms with Gasteiger partial charge in [-0.2, -0.15) is 0 Å². The van der Waals surface area contributed by atoms with E-state index in [1.807, 2.05) is 0 Å². The molecule has 13 heavy (non-hydrogen) atoms. The van der Waals surface area contributed by atoms with Gasteiger partial charge in [-0.3, -0.25) is 0 Å². The second-order valence-corrected chi connectivity index (χ2v) is 3.53. The van der Waals surface area contributed by atoms with Crippen LogP contribution in [0.3, 0.4) is 0 Å². The standard InChI is InChI=1S/C9H20N2.2ClH/c1-2-3-6-11-7-4-9(10)5-8-11;;/h9H,2-8,10H2,1H3;2*1H. The Hall–Kier alpha value is 0.500. The van der Waals surface area contributed by atoms with E-state index in [0.29, 0.717) is 6.04 Å². The van der Waals surface area contributed by atoms with Gasteiger partial charge in [-0.05, 0) is 38.9 Å². The highest BCUT2D eigenvalue weighted by Crippen LogP contribution is 2.08. The molecule has 0 radical (unpaired) electrons. The lowest BCUT2D eigenvalue weighted by atomic mass is 10.1. The Morgan fingerprint density at radius 3 is 2.23 bits per heavy atom. The summed E-state index contributed by atoms with van der Waals surface area (Å²) in [6, 6.07) is 0.480. The third-order valence-corrected chi connectivity index (χ3v) is 2.46. The van der Waals surface area contributed by atoms with Crippen molar-refractivity contribution in [1.29, 1.82) is 0 Å². The zero-order valence-corrected chi connectivity index (χ0v) is 10.0. The first-order valence-corrected chi connectivity index (χ1v) is 4.81. The van der Waals surface area contributed by atoms with Gasteiger partial charge in [0.15, 0.2) is 0 Å². The van der Waals surface area contributed by atoms with Crippen LogP contribution < -0.4 is 5.73 Å². The van der Waals surface area contributed by atoms with Crippen molar-refractivity contribution in [3.63, 3.8) is 0 Å². The predicted molar refractivity (Wildman–Crippen MR) is 63.1 cm³/mol. The first-order chi connectivity index (χ1) is 5.33. The number of likely N-dealkylation sites (tertiary alicyclic amines) is 1. The lowest BCUT2D eigenvalue weighted by Gasteiger charge is -2.29. The average molecular weight is 229 g/mol. The second kappa shape index (κ2) is 9.07. The molecule has 0 aromatic heterocycles. The molecule has 0 aromatic carbocycles. The number of nitrogens with two attached hydrogens (primary N) is 1. The van der Waals surface area contributed by atoms with Gasteiger partial charge in [0.1, 0.15) is 0 Å². The summed E-state index contributed by atoms with van der Waals surface area (Å²) in [6.07, 6.45) is 5.05. The maximum Gasteiger partial charge on any atom is 0.00631 e. The zero-order chi connectivity index (χ0) is 8.10. The van der Waals surface area contributed by atoms with Crippen LogP contribution in [0, 0.1) is 0 Å². The minimum Gasteiger partial charge on any atom is -0.328 e. The third kappa shape index (κ3) is 6.55. The molecule has 1 rings (SSSR count). The van der Waals surface area contributed by atoms with Crippen molar-refractivity contribution in [2.75, 3.05) is 19.6 Å². The number of halogens is 2. The number of hydrogen-bond acceptors (Lipinski definition) is 2. The van der Waals surface area contributed by atoms with Gasteiger partial charge in [0, 0.05) is 6.04 Å². The number of hydrogen-bond donors (Lipinski definition) is 1. The largest absolute Gasteiger partial charge is 0.328 e. The van der Waals surface area contributed by atoms with Gasteiger partial charge < -0.3 is 10.6 Å². The number of rotatable bonds is 3. The highest BCUT2D eigenvalue weighted by molar-refractivity contribution is 5.85. The SMILES string of the molecule is CCCCN1CCC(N)CC1.Cl.Cl. The van der Waals surface area contributed by atoms with Crippen molar-refractivity contribution in [2.45, 2.75) is 38.6 Å². The van der Waals surface area contributed by atoms with E-state index in [4.69, 9.17) is 5.73 Å². The van der Waals surface area contributed by atoms with E-state index >= 15 is 0 Å². The second-order valence-electron chi connectivity index (χ2n) is 3.53. The van der Waals surface area contributed by atoms with Crippen LogP contribution >= 0.6 is 24.8 Å². The Morgan fingerprint density at radius 1 is 1.23 bits per heavy atom. The Morgan fingerprint density at radius 2 is 1.77 bits per heavy atom. The summed E-state index contributed by atoms with van der Waals surface area (Å²) in [5.74, 6) is 0. The molecule has 0 saturated carbocycles. The van der Waals surface area contributed by atoms with Gasteiger partial charge in [-0.25, -0.2) is 0 Å². The Bertz CT molecular complexity index is 101. The van der Waals surface area contributed by atoms with Crippen LogP contribution in [0.15, 0.2) is 0 Å². The maximum absolute atomic E-state index is 5.80. The van der Waals surface area contributed by atoms with Crippen molar-refractivity contribution >= 4 is 24.8 Å². The van der Waals surface area contributed by atoms with Crippen molar-refractivity contribution < 1.29 is 0 Å². The minimum atomic E-state index is 0. The van der Waals surface area contributed by atoms with Crippen LogP contribution in [-0.2, 0) is 0 Å². The number of piperidine rings is 1. The fourth-order valence-corrected chi connectivity index (χ4v) is 1.56. The molecule has 82 valence electrons. The van der Waals surface area contributed by atoms with Crippen LogP contribution in [0.25, 0.3) is 0 Å². The topological polar surface area (TPSA) is 29.3 Å². The van der Waals surface area contributed by atoms with Crippen LogP contribution in [0.2, 0.25) is 0 Å². The normalized spacial score (nSPS) is 18.9. The highest BCUT2D eigenvalue weighted by Gasteiger charge is 2.14. The van der Waals surface area contributed by atoms with Gasteiger partial charge in [0.2, 0.25) is 0 Å². The lowest BCUT2D eigenvalue weighted by Crippen LogP contribution is -2.39. The summed E-state index contributed by atoms with van der Waals surface area (Å²) in [5.41, 5.74) is 5.80. The smallest absolute Gasteiger partial charge is 0.00631 e. The molecule has 1 aliphatic rings. The molecule has 0 spiro atoms. The molecule has 1 saturated heterocycles. The summed E-state index contributed by atoms with van der Waals surface area (Å²) in [4.78, 5) is 2.53. The molecule has 2 N–H and O–H groups in total. The molecule has 0 amide bonds. The monoisotopic (exact) mass is 228 g/mol. The molecule has 0 bridgehead atoms. The van der Waals surface area contributed by atoms with E-state index in [0.717, 1.165) is 0 Å². The van der Waals surface area contributed by atoms with E-state index in [1.165, 1.54) is 45.3 Å². The molecule has 0 aromatic rings. The molecule has 0 aliphatic carbocycles. The fourth-order valence-electron chi connectivity index (χ4n) is 1.56. The summed E-state index contributed by atoms with van der Waals surface area (Å²) >= 11 is 0. The van der Waals surface area contributed by atoms with Crippen molar-refractivity contribution in [3.8, 4) is 0 Å². The van der Waals surface area contributed by atoms with Gasteiger partial charge in [-0.15, -0.1) is 24.8 Å². The van der Waals surface area contributed by atoms with E-state index in [-0.39, 0.29) is 24.8 Å². The summed E-state index contributed by atoms with van der Waals surface area (Å²) in [6.45, 7) is 5.97. The molecular weight excluding hydrogens is 207 g/mol. The van der Waals surface area contributed by atoms with Crippen LogP contribution in [-0.4, -0.2) is 30.6 Å². The molecule has 1 heterocycles. The first kappa shape index (κ1) is 15.9. The van der Waals surface area contributed by atoms with Crippen molar-refractivity contribution in [2.24, 2.45) is 5.73 Å². The summed E-state index contributed by atoms with van der Waals surface area (Å²) < 4.78 is 0. The maximum atomic E-state index is 5.80. The fraction of sp³-hybridized carbons (Fsp3) is 1.00. The number of nitrogens with zero attached hydrogens (tertiary/aromatic N) is 1. The molecule has 1 fully saturated rings. The van der Waals surface area contributed by atoms with Gasteiger partial charge in [0.05, 0.1) is 0 Å². The molecule has 0 atom stereocenters. The lowest BCUT2D eigenvalue weighted by molar-refractivity contribution is 0.210. The first-order valence-electron chi connectivity index (χ1n) is 4.81. The molecule has 1 aliphatic heterocycles. The average Bonchev–Trinajstić information content (AvgIpc) is 2.04. The Kier molecular flexibility index (Phi) is 11.1. The van der Waals surface area contributed by atoms with Crippen LogP contribution in [0.4, 0.5) is 0 Å². The van der Waals surface area contributed by atoms with Gasteiger partial charge >= 0.3 is 0 Å². The highest BCUT2D eigenvalue weighted by atomic mass is 35.5. The molecule has 0 unspecified atom stereocenters. The van der Waals surface area contributed by atoms with Crippen LogP contribution in [0.1, 0.15) is 32.6 Å². The summed E-state index contributed by atoms with van der Waals surface area (Å²) in [5, 5.41) is 0. The summed E-state index contributed by atoms with van der Waals surface area (Å²) in [7, 11) is 0. The van der Waals surface area contributed by atoms with E-state index in [2.05, 4.69) is 11.8 Å². The number of unbranched alkanes of at least 4 members (excludes halogenated alkanes) is 1. The third-order valence-electron chi connectivity index (χ3n) is 2.46. The minimum absolute atomic E-state index is 0. The van der Waals surface area contributed by atoms with E-state index in [1.54, 1.807) is 0 Å². The van der Waals surface area contributed by atoms with Gasteiger partial charge in [0.25, 0.3) is 0 Å². The van der Waals surface area contributed by atoms with Crippen molar-refractivity contribution in [1.82, 2.24) is 4.90 Å². The molecule has 4 heteroatoms. The van der Waals surface area contributed by atoms with E-state index in [9.17, 15) is 0 Å². The van der Waals surface area contributed by atoms with Crippen molar-refractivity contribution in [3.05, 3.63) is 0 Å². The Balaban J connectivity index is 0. The van der Waals surface area contributed by atoms with Crippen LogP contribution in [0.5, 0.6) is 0 Å². The quantitative estimate of drug-likeness (QED) is 0.802. The predicted octanol–water partition coefficient (Wildman–Crippen LogP) is 2.05.